The van der Waals surface area contributed by atoms with E-state index in [0.717, 1.165) is 0 Å². The molecule has 0 aliphatic rings. The molecule has 0 aromatic heterocycles. The van der Waals surface area contributed by atoms with Crippen molar-refractivity contribution in [3.63, 3.8) is 0 Å². The van der Waals surface area contributed by atoms with Crippen LogP contribution >= 0.6 is 0 Å². The van der Waals surface area contributed by atoms with Crippen molar-refractivity contribution >= 4 is 11.8 Å². The Morgan fingerprint density at radius 1 is 1.47 bits per heavy atom. The number of benzene rings is 1. The summed E-state index contributed by atoms with van der Waals surface area (Å²) in [5.74, 6) is -1.20. The minimum Gasteiger partial charge on any atom is -0.481 e. The summed E-state index contributed by atoms with van der Waals surface area (Å²) in [5, 5.41) is 17.3. The summed E-state index contributed by atoms with van der Waals surface area (Å²) in [6, 6.07) is 6.35. The van der Waals surface area contributed by atoms with E-state index in [4.69, 9.17) is 10.4 Å². The van der Waals surface area contributed by atoms with Crippen molar-refractivity contribution in [1.82, 2.24) is 0 Å². The van der Waals surface area contributed by atoms with Crippen LogP contribution in [-0.4, -0.2) is 16.9 Å². The zero-order valence-corrected chi connectivity index (χ0v) is 8.15. The largest absolute Gasteiger partial charge is 0.481 e. The average molecular weight is 203 g/mol. The molecule has 0 spiro atoms. The fraction of sp³-hybridized carbons (Fsp3) is 0.182. The van der Waals surface area contributed by atoms with Gasteiger partial charge in [0.1, 0.15) is 0 Å². The highest BCUT2D eigenvalue weighted by Gasteiger charge is 2.09. The van der Waals surface area contributed by atoms with Gasteiger partial charge in [0.05, 0.1) is 18.1 Å². The molecule has 15 heavy (non-hydrogen) atoms. The van der Waals surface area contributed by atoms with Gasteiger partial charge in [0.2, 0.25) is 0 Å². The number of hydrogen-bond donors (Lipinski definition) is 1. The summed E-state index contributed by atoms with van der Waals surface area (Å²) in [5.41, 5.74) is 1.07. The SMILES string of the molecule is CC(=O)c1cc(CC(=O)O)ccc1C#N. The molecule has 0 bridgehead atoms. The summed E-state index contributed by atoms with van der Waals surface area (Å²) in [7, 11) is 0. The lowest BCUT2D eigenvalue weighted by Gasteiger charge is -2.02. The van der Waals surface area contributed by atoms with E-state index in [9.17, 15) is 9.59 Å². The highest BCUT2D eigenvalue weighted by molar-refractivity contribution is 5.96. The van der Waals surface area contributed by atoms with Crippen LogP contribution in [0.3, 0.4) is 0 Å². The van der Waals surface area contributed by atoms with Gasteiger partial charge >= 0.3 is 5.97 Å². The molecule has 1 rings (SSSR count). The lowest BCUT2D eigenvalue weighted by Crippen LogP contribution is -2.03. The van der Waals surface area contributed by atoms with E-state index in [2.05, 4.69) is 0 Å². The molecule has 0 fully saturated rings. The summed E-state index contributed by atoms with van der Waals surface area (Å²) < 4.78 is 0. The van der Waals surface area contributed by atoms with Gasteiger partial charge in [-0.15, -0.1) is 0 Å². The molecule has 0 unspecified atom stereocenters. The maximum Gasteiger partial charge on any atom is 0.307 e. The summed E-state index contributed by atoms with van der Waals surface area (Å²) >= 11 is 0. The standard InChI is InChI=1S/C11H9NO3/c1-7(13)10-4-8(5-11(14)15)2-3-9(10)6-12/h2-4H,5H2,1H3,(H,14,15). The predicted molar refractivity (Wildman–Crippen MR) is 52.5 cm³/mol. The number of carboxylic acid groups (broad SMARTS) is 1. The van der Waals surface area contributed by atoms with Crippen LogP contribution < -0.4 is 0 Å². The van der Waals surface area contributed by atoms with E-state index in [1.807, 2.05) is 6.07 Å². The molecule has 1 N–H and O–H groups in total. The second-order valence-electron chi connectivity index (χ2n) is 3.12. The Balaban J connectivity index is 3.17. The molecule has 0 saturated carbocycles. The Hall–Kier alpha value is -2.15. The third kappa shape index (κ3) is 2.64. The highest BCUT2D eigenvalue weighted by Crippen LogP contribution is 2.12. The van der Waals surface area contributed by atoms with Crippen molar-refractivity contribution < 1.29 is 14.7 Å². The van der Waals surface area contributed by atoms with Crippen LogP contribution in [0.15, 0.2) is 18.2 Å². The topological polar surface area (TPSA) is 78.2 Å². The van der Waals surface area contributed by atoms with Gasteiger partial charge in [-0.25, -0.2) is 0 Å². The van der Waals surface area contributed by atoms with E-state index in [0.29, 0.717) is 5.56 Å². The van der Waals surface area contributed by atoms with Crippen molar-refractivity contribution in [2.45, 2.75) is 13.3 Å². The van der Waals surface area contributed by atoms with Gasteiger partial charge in [-0.3, -0.25) is 9.59 Å². The zero-order chi connectivity index (χ0) is 11.4. The highest BCUT2D eigenvalue weighted by atomic mass is 16.4. The van der Waals surface area contributed by atoms with Crippen LogP contribution in [-0.2, 0) is 11.2 Å². The first-order valence-electron chi connectivity index (χ1n) is 4.30. The van der Waals surface area contributed by atoms with Crippen molar-refractivity contribution in [2.75, 3.05) is 0 Å². The number of Topliss-reactive ketones (excluding diaryl/α,β-unsaturated/α-hetero) is 1. The third-order valence-electron chi connectivity index (χ3n) is 1.94. The molecule has 1 aromatic rings. The van der Waals surface area contributed by atoms with Gasteiger partial charge in [-0.1, -0.05) is 6.07 Å². The second-order valence-corrected chi connectivity index (χ2v) is 3.12. The Kier molecular flexibility index (Phi) is 3.19. The molecular formula is C11H9NO3. The predicted octanol–water partition coefficient (Wildman–Crippen LogP) is 1.39. The first-order valence-corrected chi connectivity index (χ1v) is 4.30. The van der Waals surface area contributed by atoms with E-state index in [1.54, 1.807) is 6.07 Å². The molecule has 0 amide bonds. The van der Waals surface area contributed by atoms with Crippen LogP contribution in [0.4, 0.5) is 0 Å². The maximum absolute atomic E-state index is 11.2. The van der Waals surface area contributed by atoms with Crippen molar-refractivity contribution in [3.05, 3.63) is 34.9 Å². The lowest BCUT2D eigenvalue weighted by molar-refractivity contribution is -0.136. The van der Waals surface area contributed by atoms with Crippen molar-refractivity contribution in [2.24, 2.45) is 0 Å². The van der Waals surface area contributed by atoms with Crippen LogP contribution in [0.5, 0.6) is 0 Å². The van der Waals surface area contributed by atoms with E-state index in [-0.39, 0.29) is 23.3 Å². The number of nitrogens with zero attached hydrogens (tertiary/aromatic N) is 1. The van der Waals surface area contributed by atoms with Gasteiger partial charge in [0, 0.05) is 5.56 Å². The normalized spacial score (nSPS) is 9.33. The maximum atomic E-state index is 11.2. The Morgan fingerprint density at radius 3 is 2.60 bits per heavy atom. The number of carbonyl (C=O) groups excluding carboxylic acids is 1. The third-order valence-corrected chi connectivity index (χ3v) is 1.94. The second kappa shape index (κ2) is 4.38. The summed E-state index contributed by atoms with van der Waals surface area (Å²) in [6.07, 6.45) is -0.147. The molecule has 0 radical (unpaired) electrons. The Bertz CT molecular complexity index is 457. The van der Waals surface area contributed by atoms with Crippen LogP contribution in [0, 0.1) is 11.3 Å². The van der Waals surface area contributed by atoms with Crippen LogP contribution in [0.1, 0.15) is 28.4 Å². The van der Waals surface area contributed by atoms with Crippen LogP contribution in [0.2, 0.25) is 0 Å². The quantitative estimate of drug-likeness (QED) is 0.753. The molecule has 0 heterocycles. The van der Waals surface area contributed by atoms with Crippen molar-refractivity contribution in [1.29, 1.82) is 5.26 Å². The van der Waals surface area contributed by atoms with Gasteiger partial charge < -0.3 is 5.11 Å². The number of carbonyl (C=O) groups is 2. The Morgan fingerprint density at radius 2 is 2.13 bits per heavy atom. The fourth-order valence-electron chi connectivity index (χ4n) is 1.26. The molecule has 76 valence electrons. The van der Waals surface area contributed by atoms with Gasteiger partial charge in [-0.05, 0) is 24.6 Å². The lowest BCUT2D eigenvalue weighted by atomic mass is 10.0. The number of hydrogen-bond acceptors (Lipinski definition) is 3. The molecular weight excluding hydrogens is 194 g/mol. The van der Waals surface area contributed by atoms with E-state index in [1.165, 1.54) is 19.1 Å². The summed E-state index contributed by atoms with van der Waals surface area (Å²) in [4.78, 5) is 21.6. The monoisotopic (exact) mass is 203 g/mol. The van der Waals surface area contributed by atoms with Crippen molar-refractivity contribution in [3.8, 4) is 6.07 Å². The molecule has 1 aromatic carbocycles. The fourth-order valence-corrected chi connectivity index (χ4v) is 1.26. The Labute approximate surface area is 86.8 Å². The minimum atomic E-state index is -0.964. The molecule has 0 atom stereocenters. The number of rotatable bonds is 3. The minimum absolute atomic E-state index is 0.147. The molecule has 4 nitrogen and oxygen atoms in total. The number of ketones is 1. The molecule has 0 aliphatic carbocycles. The smallest absolute Gasteiger partial charge is 0.307 e. The average Bonchev–Trinajstić information content (AvgIpc) is 2.16. The first kappa shape index (κ1) is 10.9. The molecule has 4 heteroatoms. The zero-order valence-electron chi connectivity index (χ0n) is 8.15. The number of nitriles is 1. The van der Waals surface area contributed by atoms with E-state index < -0.39 is 5.97 Å². The molecule has 0 aliphatic heterocycles. The van der Waals surface area contributed by atoms with Gasteiger partial charge in [0.25, 0.3) is 0 Å². The van der Waals surface area contributed by atoms with Crippen LogP contribution in [0.25, 0.3) is 0 Å². The van der Waals surface area contributed by atoms with Gasteiger partial charge in [-0.2, -0.15) is 5.26 Å². The summed E-state index contributed by atoms with van der Waals surface area (Å²) in [6.45, 7) is 1.35. The van der Waals surface area contributed by atoms with Gasteiger partial charge in [0.15, 0.2) is 5.78 Å². The van der Waals surface area contributed by atoms with E-state index >= 15 is 0 Å². The first-order chi connectivity index (χ1) is 7.04. The number of aliphatic carboxylic acids is 1. The number of carboxylic acids is 1. The molecule has 0 saturated heterocycles.